The molecule has 0 aromatic heterocycles. The Bertz CT molecular complexity index is 412. The van der Waals surface area contributed by atoms with Gasteiger partial charge < -0.3 is 0 Å². The number of halogens is 2. The van der Waals surface area contributed by atoms with Gasteiger partial charge in [0.1, 0.15) is 0 Å². The molecule has 0 nitrogen and oxygen atoms in total. The van der Waals surface area contributed by atoms with Gasteiger partial charge in [0.2, 0.25) is 0 Å². The van der Waals surface area contributed by atoms with Crippen LogP contribution in [-0.2, 0) is 15.3 Å². The first-order valence-corrected chi connectivity index (χ1v) is 8.64. The summed E-state index contributed by atoms with van der Waals surface area (Å²) in [5.74, 6) is 0. The van der Waals surface area contributed by atoms with E-state index in [4.69, 9.17) is 0 Å². The first-order chi connectivity index (χ1) is 8.31. The monoisotopic (exact) mass is 448 g/mol. The highest BCUT2D eigenvalue weighted by Gasteiger charge is 1.97. The van der Waals surface area contributed by atoms with Crippen molar-refractivity contribution in [2.24, 2.45) is 0 Å². The Morgan fingerprint density at radius 1 is 0.529 bits per heavy atom. The van der Waals surface area contributed by atoms with Gasteiger partial charge in [-0.05, 0) is 28.7 Å². The normalized spacial score (nSPS) is 10.5. The lowest BCUT2D eigenvalue weighted by atomic mass is 10.0. The Labute approximate surface area is 130 Å². The fourth-order valence-corrected chi connectivity index (χ4v) is 2.75. The van der Waals surface area contributed by atoms with Crippen molar-refractivity contribution in [2.45, 2.75) is 15.3 Å². The van der Waals surface area contributed by atoms with Crippen LogP contribution in [-0.4, -0.2) is 0 Å². The fraction of sp³-hybridized carbons (Fsp3) is 0.200. The predicted octanol–water partition coefficient (Wildman–Crippen LogP) is 5.15. The van der Waals surface area contributed by atoms with Crippen LogP contribution in [0, 0.1) is 0 Å². The van der Waals surface area contributed by atoms with Crippen molar-refractivity contribution in [2.75, 3.05) is 0 Å². The Kier molecular flexibility index (Phi) is 5.28. The number of hydrogen-bond donors (Lipinski definition) is 0. The third-order valence-electron chi connectivity index (χ3n) is 2.76. The summed E-state index contributed by atoms with van der Waals surface area (Å²) in [5, 5.41) is 0. The first-order valence-electron chi connectivity index (χ1n) is 5.59. The predicted molar refractivity (Wildman–Crippen MR) is 91.1 cm³/mol. The van der Waals surface area contributed by atoms with E-state index >= 15 is 0 Å². The van der Waals surface area contributed by atoms with Gasteiger partial charge >= 0.3 is 0 Å². The van der Waals surface area contributed by atoms with Gasteiger partial charge in [0.15, 0.2) is 0 Å². The van der Waals surface area contributed by atoms with Crippen LogP contribution in [0.1, 0.15) is 22.3 Å². The highest BCUT2D eigenvalue weighted by Crippen LogP contribution is 2.14. The molecule has 0 radical (unpaired) electrons. The lowest BCUT2D eigenvalue weighted by Crippen LogP contribution is -1.89. The number of alkyl halides is 2. The van der Waals surface area contributed by atoms with Gasteiger partial charge in [-0.1, -0.05) is 93.7 Å². The molecule has 2 rings (SSSR count). The molecule has 0 spiro atoms. The molecule has 17 heavy (non-hydrogen) atoms. The smallest absolute Gasteiger partial charge is 0.0247 e. The molecule has 0 saturated carbocycles. The molecule has 2 aromatic rings. The third-order valence-corrected chi connectivity index (χ3v) is 4.52. The minimum Gasteiger partial charge on any atom is -0.0812 e. The van der Waals surface area contributed by atoms with Crippen molar-refractivity contribution in [3.05, 3.63) is 70.8 Å². The van der Waals surface area contributed by atoms with Crippen molar-refractivity contribution >= 4 is 45.2 Å². The van der Waals surface area contributed by atoms with Crippen LogP contribution in [0.5, 0.6) is 0 Å². The molecular formula is C15H14I2. The molecule has 2 heteroatoms. The van der Waals surface area contributed by atoms with Crippen LogP contribution in [0.2, 0.25) is 0 Å². The van der Waals surface area contributed by atoms with Crippen molar-refractivity contribution in [3.63, 3.8) is 0 Å². The minimum absolute atomic E-state index is 1.03. The van der Waals surface area contributed by atoms with E-state index in [-0.39, 0.29) is 0 Å². The van der Waals surface area contributed by atoms with Gasteiger partial charge in [0.05, 0.1) is 0 Å². The first kappa shape index (κ1) is 13.3. The van der Waals surface area contributed by atoms with Crippen molar-refractivity contribution in [1.29, 1.82) is 0 Å². The largest absolute Gasteiger partial charge is 0.0812 e. The van der Waals surface area contributed by atoms with Crippen molar-refractivity contribution < 1.29 is 0 Å². The van der Waals surface area contributed by atoms with Gasteiger partial charge in [0, 0.05) is 8.86 Å². The highest BCUT2D eigenvalue weighted by molar-refractivity contribution is 14.1. The van der Waals surface area contributed by atoms with E-state index in [9.17, 15) is 0 Å². The van der Waals surface area contributed by atoms with Gasteiger partial charge in [-0.2, -0.15) is 0 Å². The molecule has 0 N–H and O–H groups in total. The summed E-state index contributed by atoms with van der Waals surface area (Å²) in [5.41, 5.74) is 5.57. The van der Waals surface area contributed by atoms with Gasteiger partial charge in [0.25, 0.3) is 0 Å². The Hall–Kier alpha value is -0.100. The van der Waals surface area contributed by atoms with Crippen LogP contribution < -0.4 is 0 Å². The molecule has 2 aromatic carbocycles. The van der Waals surface area contributed by atoms with Crippen LogP contribution in [0.4, 0.5) is 0 Å². The second kappa shape index (κ2) is 6.73. The number of benzene rings is 2. The van der Waals surface area contributed by atoms with Gasteiger partial charge in [-0.15, -0.1) is 0 Å². The minimum atomic E-state index is 1.03. The Morgan fingerprint density at radius 3 is 1.12 bits per heavy atom. The van der Waals surface area contributed by atoms with Crippen LogP contribution in [0.25, 0.3) is 0 Å². The van der Waals surface area contributed by atoms with Crippen molar-refractivity contribution in [3.8, 4) is 0 Å². The maximum absolute atomic E-state index is 2.40. The fourth-order valence-electron chi connectivity index (χ4n) is 1.73. The summed E-state index contributed by atoms with van der Waals surface area (Å²) in [4.78, 5) is 0. The molecule has 0 aliphatic carbocycles. The zero-order valence-electron chi connectivity index (χ0n) is 9.50. The Morgan fingerprint density at radius 2 is 0.824 bits per heavy atom. The third kappa shape index (κ3) is 3.95. The maximum atomic E-state index is 2.40. The zero-order chi connectivity index (χ0) is 12.1. The van der Waals surface area contributed by atoms with Gasteiger partial charge in [-0.25, -0.2) is 0 Å². The van der Waals surface area contributed by atoms with E-state index in [0.29, 0.717) is 0 Å². The number of rotatable bonds is 4. The average molecular weight is 448 g/mol. The molecule has 0 aliphatic heterocycles. The molecule has 88 valence electrons. The van der Waals surface area contributed by atoms with E-state index in [1.807, 2.05) is 0 Å². The second-order valence-electron chi connectivity index (χ2n) is 4.08. The lowest BCUT2D eigenvalue weighted by Gasteiger charge is -2.04. The maximum Gasteiger partial charge on any atom is 0.0247 e. The molecular weight excluding hydrogens is 434 g/mol. The SMILES string of the molecule is ICc1ccc(Cc2ccc(CI)cc2)cc1. The summed E-state index contributed by atoms with van der Waals surface area (Å²) >= 11 is 4.79. The summed E-state index contributed by atoms with van der Waals surface area (Å²) < 4.78 is 2.17. The van der Waals surface area contributed by atoms with Crippen molar-refractivity contribution in [1.82, 2.24) is 0 Å². The lowest BCUT2D eigenvalue weighted by molar-refractivity contribution is 1.18. The van der Waals surface area contributed by atoms with Crippen LogP contribution >= 0.6 is 45.2 Å². The molecule has 0 saturated heterocycles. The van der Waals surface area contributed by atoms with E-state index in [1.165, 1.54) is 22.3 Å². The van der Waals surface area contributed by atoms with Gasteiger partial charge in [-0.3, -0.25) is 0 Å². The van der Waals surface area contributed by atoms with E-state index in [0.717, 1.165) is 15.3 Å². The molecule has 0 unspecified atom stereocenters. The standard InChI is InChI=1S/C15H14I2/c16-10-14-5-1-12(2-6-14)9-13-3-7-15(11-17)8-4-13/h1-8H,9-11H2. The second-order valence-corrected chi connectivity index (χ2v) is 5.60. The molecule has 0 atom stereocenters. The average Bonchev–Trinajstić information content (AvgIpc) is 2.40. The summed E-state index contributed by atoms with van der Waals surface area (Å²) in [6, 6.07) is 17.8. The summed E-state index contributed by atoms with van der Waals surface area (Å²) in [7, 11) is 0. The van der Waals surface area contributed by atoms with E-state index in [2.05, 4.69) is 93.7 Å². The van der Waals surface area contributed by atoms with E-state index in [1.54, 1.807) is 0 Å². The number of hydrogen-bond acceptors (Lipinski definition) is 0. The molecule has 0 heterocycles. The van der Waals surface area contributed by atoms with Crippen LogP contribution in [0.15, 0.2) is 48.5 Å². The van der Waals surface area contributed by atoms with Crippen LogP contribution in [0.3, 0.4) is 0 Å². The zero-order valence-corrected chi connectivity index (χ0v) is 13.8. The molecule has 0 amide bonds. The van der Waals surface area contributed by atoms with E-state index < -0.39 is 0 Å². The highest BCUT2D eigenvalue weighted by atomic mass is 127. The quantitative estimate of drug-likeness (QED) is 0.449. The summed E-state index contributed by atoms with van der Waals surface area (Å²) in [6.07, 6.45) is 1.03. The molecule has 0 aliphatic rings. The summed E-state index contributed by atoms with van der Waals surface area (Å²) in [6.45, 7) is 0. The molecule has 0 bridgehead atoms. The topological polar surface area (TPSA) is 0 Å². The Balaban J connectivity index is 2.08. The molecule has 0 fully saturated rings.